The molecule has 0 radical (unpaired) electrons. The smallest absolute Gasteiger partial charge is 0.302 e. The van der Waals surface area contributed by atoms with Gasteiger partial charge in [-0.1, -0.05) is 6.08 Å². The Hall–Kier alpha value is -1.73. The van der Waals surface area contributed by atoms with Crippen LogP contribution in [0.25, 0.3) is 0 Å². The fourth-order valence-electron chi connectivity index (χ4n) is 1.60. The van der Waals surface area contributed by atoms with Gasteiger partial charge in [-0.25, -0.2) is 0 Å². The molecule has 0 saturated heterocycles. The van der Waals surface area contributed by atoms with Gasteiger partial charge in [0.1, 0.15) is 6.61 Å². The van der Waals surface area contributed by atoms with Crippen LogP contribution in [0.1, 0.15) is 13.8 Å². The lowest BCUT2D eigenvalue weighted by molar-refractivity contribution is -0.421. The van der Waals surface area contributed by atoms with Crippen LogP contribution in [0.15, 0.2) is 23.9 Å². The Balaban J connectivity index is 2.89. The predicted octanol–water partition coefficient (Wildman–Crippen LogP) is 0.621. The molecule has 1 rings (SSSR count). The molecule has 7 heteroatoms. The number of aliphatic hydroxyl groups is 1. The van der Waals surface area contributed by atoms with Crippen LogP contribution in [-0.2, 0) is 14.3 Å². The van der Waals surface area contributed by atoms with E-state index in [1.54, 1.807) is 6.92 Å². The van der Waals surface area contributed by atoms with E-state index < -0.39 is 22.6 Å². The molecule has 1 aliphatic carbocycles. The number of nitro groups is 1. The lowest BCUT2D eigenvalue weighted by Crippen LogP contribution is -2.43. The van der Waals surface area contributed by atoms with Crippen molar-refractivity contribution in [3.05, 3.63) is 34.0 Å². The summed E-state index contributed by atoms with van der Waals surface area (Å²) in [5.41, 5.74) is -0.259. The van der Waals surface area contributed by atoms with Gasteiger partial charge in [0.25, 0.3) is 5.70 Å². The second kappa shape index (κ2) is 5.74. The first-order valence-electron chi connectivity index (χ1n) is 5.44. The van der Waals surface area contributed by atoms with E-state index in [2.05, 4.69) is 0 Å². The molecule has 0 amide bonds. The quantitative estimate of drug-likeness (QED) is 0.335. The van der Waals surface area contributed by atoms with E-state index in [0.717, 1.165) is 6.08 Å². The summed E-state index contributed by atoms with van der Waals surface area (Å²) >= 11 is 0. The molecule has 2 atom stereocenters. The molecule has 1 aliphatic rings. The van der Waals surface area contributed by atoms with Crippen LogP contribution in [0.5, 0.6) is 0 Å². The van der Waals surface area contributed by atoms with Crippen molar-refractivity contribution in [2.45, 2.75) is 19.6 Å². The summed E-state index contributed by atoms with van der Waals surface area (Å²) in [4.78, 5) is 20.8. The van der Waals surface area contributed by atoms with Crippen LogP contribution in [0.2, 0.25) is 0 Å². The van der Waals surface area contributed by atoms with E-state index in [-0.39, 0.29) is 18.9 Å². The van der Waals surface area contributed by atoms with Crippen molar-refractivity contribution in [3.63, 3.8) is 0 Å². The number of esters is 1. The van der Waals surface area contributed by atoms with Crippen molar-refractivity contribution in [1.29, 1.82) is 0 Å². The van der Waals surface area contributed by atoms with Gasteiger partial charge in [0, 0.05) is 19.6 Å². The van der Waals surface area contributed by atoms with Crippen LogP contribution in [0.3, 0.4) is 0 Å². The zero-order chi connectivity index (χ0) is 13.8. The monoisotopic (exact) mass is 257 g/mol. The summed E-state index contributed by atoms with van der Waals surface area (Å²) in [6, 6.07) is 0. The van der Waals surface area contributed by atoms with Gasteiger partial charge < -0.3 is 14.6 Å². The first-order valence-corrected chi connectivity index (χ1v) is 5.44. The van der Waals surface area contributed by atoms with E-state index in [1.165, 1.54) is 19.1 Å². The highest BCUT2D eigenvalue weighted by Crippen LogP contribution is 2.29. The van der Waals surface area contributed by atoms with Crippen molar-refractivity contribution in [2.24, 2.45) is 5.92 Å². The van der Waals surface area contributed by atoms with Crippen LogP contribution in [0.4, 0.5) is 0 Å². The van der Waals surface area contributed by atoms with Crippen LogP contribution < -0.4 is 0 Å². The first-order chi connectivity index (χ1) is 8.39. The molecular formula is C11H15NO6. The molecule has 7 nitrogen and oxygen atoms in total. The Labute approximate surface area is 104 Å². The lowest BCUT2D eigenvalue weighted by atomic mass is 9.93. The van der Waals surface area contributed by atoms with Crippen LogP contribution in [-0.4, -0.2) is 35.0 Å². The molecule has 100 valence electrons. The maximum Gasteiger partial charge on any atom is 0.302 e. The molecule has 1 N–H and O–H groups in total. The van der Waals surface area contributed by atoms with E-state index in [4.69, 9.17) is 9.47 Å². The average molecular weight is 257 g/mol. The minimum Gasteiger partial charge on any atom is -0.465 e. The van der Waals surface area contributed by atoms with Gasteiger partial charge in [0.05, 0.1) is 16.9 Å². The number of rotatable bonds is 5. The lowest BCUT2D eigenvalue weighted by Gasteiger charge is -2.32. The molecule has 0 saturated carbocycles. The zero-order valence-corrected chi connectivity index (χ0v) is 10.2. The summed E-state index contributed by atoms with van der Waals surface area (Å²) in [7, 11) is 0. The fraction of sp³-hybridized carbons (Fsp3) is 0.545. The molecule has 0 bridgehead atoms. The minimum absolute atomic E-state index is 0.107. The Morgan fingerprint density at radius 2 is 2.33 bits per heavy atom. The van der Waals surface area contributed by atoms with E-state index in [0.29, 0.717) is 0 Å². The number of allylic oxidation sites excluding steroid dienone is 1. The summed E-state index contributed by atoms with van der Waals surface area (Å²) in [6.45, 7) is 2.95. The molecule has 0 aromatic rings. The van der Waals surface area contributed by atoms with Crippen molar-refractivity contribution in [2.75, 3.05) is 13.2 Å². The maximum atomic E-state index is 10.7. The second-order valence-electron chi connectivity index (χ2n) is 3.78. The zero-order valence-electron chi connectivity index (χ0n) is 10.2. The highest BCUT2D eigenvalue weighted by molar-refractivity contribution is 5.65. The molecule has 0 aromatic carbocycles. The van der Waals surface area contributed by atoms with Crippen molar-refractivity contribution in [1.82, 2.24) is 0 Å². The molecule has 18 heavy (non-hydrogen) atoms. The van der Waals surface area contributed by atoms with Crippen LogP contribution in [0, 0.1) is 16.0 Å². The molecule has 0 fully saturated rings. The van der Waals surface area contributed by atoms with Crippen molar-refractivity contribution >= 4 is 5.97 Å². The van der Waals surface area contributed by atoms with E-state index in [1.807, 2.05) is 0 Å². The Kier molecular flexibility index (Phi) is 4.57. The highest BCUT2D eigenvalue weighted by Gasteiger charge is 2.40. The molecule has 0 aromatic heterocycles. The molecule has 0 spiro atoms. The SMILES string of the molecule is CCOC1(O)C=C([N+](=O)[O-])C=CC1COC(C)=O. The van der Waals surface area contributed by atoms with Crippen LogP contribution >= 0.6 is 0 Å². The minimum atomic E-state index is -1.83. The summed E-state index contributed by atoms with van der Waals surface area (Å²) in [5, 5.41) is 20.9. The van der Waals surface area contributed by atoms with Gasteiger partial charge in [-0.2, -0.15) is 0 Å². The Bertz CT molecular complexity index is 402. The standard InChI is InChI=1S/C11H15NO6/c1-3-18-11(14)6-10(12(15)16)5-4-9(11)7-17-8(2)13/h4-6,9,14H,3,7H2,1-2H3. The predicted molar refractivity (Wildman–Crippen MR) is 60.9 cm³/mol. The number of carbonyl (C=O) groups excluding carboxylic acids is 1. The number of nitrogens with zero attached hydrogens (tertiary/aromatic N) is 1. The first kappa shape index (κ1) is 14.3. The average Bonchev–Trinajstić information content (AvgIpc) is 2.27. The molecule has 0 heterocycles. The second-order valence-corrected chi connectivity index (χ2v) is 3.78. The topological polar surface area (TPSA) is 98.9 Å². The fourth-order valence-corrected chi connectivity index (χ4v) is 1.60. The van der Waals surface area contributed by atoms with Gasteiger partial charge in [-0.15, -0.1) is 0 Å². The highest BCUT2D eigenvalue weighted by atomic mass is 16.6. The van der Waals surface area contributed by atoms with Gasteiger partial charge in [0.2, 0.25) is 5.79 Å². The van der Waals surface area contributed by atoms with Gasteiger partial charge in [-0.3, -0.25) is 14.9 Å². The van der Waals surface area contributed by atoms with E-state index >= 15 is 0 Å². The molecular weight excluding hydrogens is 242 g/mol. The Morgan fingerprint density at radius 1 is 1.67 bits per heavy atom. The van der Waals surface area contributed by atoms with Gasteiger partial charge in [-0.05, 0) is 6.92 Å². The third-order valence-corrected chi connectivity index (χ3v) is 2.44. The van der Waals surface area contributed by atoms with E-state index in [9.17, 15) is 20.0 Å². The number of carbonyl (C=O) groups is 1. The van der Waals surface area contributed by atoms with Gasteiger partial charge in [0.15, 0.2) is 0 Å². The summed E-state index contributed by atoms with van der Waals surface area (Å²) in [6.07, 6.45) is 3.67. The number of hydrogen-bond donors (Lipinski definition) is 1. The summed E-state index contributed by atoms with van der Waals surface area (Å²) in [5.74, 6) is -3.00. The normalized spacial score (nSPS) is 26.6. The summed E-state index contributed by atoms with van der Waals surface area (Å²) < 4.78 is 9.92. The third kappa shape index (κ3) is 3.38. The van der Waals surface area contributed by atoms with Crippen molar-refractivity contribution < 1.29 is 24.3 Å². The Morgan fingerprint density at radius 3 is 2.83 bits per heavy atom. The largest absolute Gasteiger partial charge is 0.465 e. The molecule has 0 aliphatic heterocycles. The third-order valence-electron chi connectivity index (χ3n) is 2.44. The maximum absolute atomic E-state index is 10.7. The molecule has 2 unspecified atom stereocenters. The number of ether oxygens (including phenoxy) is 2. The number of hydrogen-bond acceptors (Lipinski definition) is 6. The van der Waals surface area contributed by atoms with Crippen molar-refractivity contribution in [3.8, 4) is 0 Å². The van der Waals surface area contributed by atoms with Gasteiger partial charge >= 0.3 is 5.97 Å².